The van der Waals surface area contributed by atoms with E-state index in [0.717, 1.165) is 0 Å². The highest BCUT2D eigenvalue weighted by atomic mass is 35.5. The lowest BCUT2D eigenvalue weighted by Crippen LogP contribution is -2.53. The highest BCUT2D eigenvalue weighted by Crippen LogP contribution is 2.48. The molecule has 0 radical (unpaired) electrons. The number of alkyl halides is 10. The van der Waals surface area contributed by atoms with Crippen LogP contribution in [0.5, 0.6) is 0 Å². The summed E-state index contributed by atoms with van der Waals surface area (Å²) in [5, 5.41) is -0.250. The molecular formula is C9H4ClF11N2O. The van der Waals surface area contributed by atoms with Gasteiger partial charge in [-0.3, -0.25) is 4.74 Å². The molecule has 0 aliphatic carbocycles. The van der Waals surface area contributed by atoms with Crippen LogP contribution >= 0.6 is 11.6 Å². The Morgan fingerprint density at radius 2 is 1.50 bits per heavy atom. The van der Waals surface area contributed by atoms with E-state index in [0.29, 0.717) is 0 Å². The molecule has 3 nitrogen and oxygen atoms in total. The first-order valence-electron chi connectivity index (χ1n) is 5.44. The second-order valence-corrected chi connectivity index (χ2v) is 4.58. The van der Waals surface area contributed by atoms with Gasteiger partial charge >= 0.3 is 24.4 Å². The minimum absolute atomic E-state index is 0.0574. The van der Waals surface area contributed by atoms with E-state index in [-0.39, 0.29) is 6.92 Å². The van der Waals surface area contributed by atoms with Crippen molar-refractivity contribution in [1.82, 2.24) is 9.78 Å². The number of hydrogen-bond acceptors (Lipinski definition) is 2. The van der Waals surface area contributed by atoms with Gasteiger partial charge in [0.15, 0.2) is 11.9 Å². The molecule has 0 aliphatic rings. The highest BCUT2D eigenvalue weighted by molar-refractivity contribution is 6.31. The van der Waals surface area contributed by atoms with Gasteiger partial charge in [-0.05, 0) is 6.92 Å². The van der Waals surface area contributed by atoms with Gasteiger partial charge in [-0.25, -0.2) is 4.39 Å². The van der Waals surface area contributed by atoms with Crippen LogP contribution < -0.4 is 0 Å². The van der Waals surface area contributed by atoms with Crippen LogP contribution in [0.2, 0.25) is 5.02 Å². The summed E-state index contributed by atoms with van der Waals surface area (Å²) in [5.41, 5.74) is -2.90. The molecule has 0 spiro atoms. The number of rotatable bonds is 4. The van der Waals surface area contributed by atoms with Gasteiger partial charge in [0.25, 0.3) is 5.95 Å². The molecule has 1 rings (SSSR count). The maximum Gasteiger partial charge on any atom is 0.472 e. The van der Waals surface area contributed by atoms with Gasteiger partial charge in [0.2, 0.25) is 0 Å². The number of nitrogens with zero attached hydrogens (tertiary/aromatic N) is 2. The monoisotopic (exact) mass is 400 g/mol. The Balaban J connectivity index is 3.70. The minimum Gasteiger partial charge on any atom is -0.253 e. The lowest BCUT2D eigenvalue weighted by Gasteiger charge is -2.32. The first-order valence-corrected chi connectivity index (χ1v) is 5.82. The maximum absolute atomic E-state index is 14.1. The van der Waals surface area contributed by atoms with Crippen molar-refractivity contribution in [2.45, 2.75) is 37.5 Å². The largest absolute Gasteiger partial charge is 0.472 e. The van der Waals surface area contributed by atoms with Gasteiger partial charge < -0.3 is 0 Å². The summed E-state index contributed by atoms with van der Waals surface area (Å²) in [4.78, 5) is 0. The van der Waals surface area contributed by atoms with Crippen molar-refractivity contribution in [3.8, 4) is 0 Å². The lowest BCUT2D eigenvalue weighted by molar-refractivity contribution is -0.460. The molecule has 0 saturated heterocycles. The van der Waals surface area contributed by atoms with E-state index in [1.807, 2.05) is 5.10 Å². The van der Waals surface area contributed by atoms with Crippen molar-refractivity contribution in [1.29, 1.82) is 0 Å². The molecule has 0 amide bonds. The van der Waals surface area contributed by atoms with Gasteiger partial charge in [-0.15, -0.1) is 5.10 Å². The second kappa shape index (κ2) is 5.89. The SMILES string of the molecule is CC(F)C(F)(F)OC(F)(n1nc(F)c(Cl)c1C(F)(F)F)C(F)(F)F. The van der Waals surface area contributed by atoms with Crippen LogP contribution in [0.25, 0.3) is 0 Å². The van der Waals surface area contributed by atoms with Gasteiger partial charge in [0.1, 0.15) is 5.02 Å². The molecule has 1 aromatic rings. The maximum atomic E-state index is 14.1. The molecule has 0 fully saturated rings. The van der Waals surface area contributed by atoms with E-state index >= 15 is 0 Å². The van der Waals surface area contributed by atoms with E-state index in [1.165, 1.54) is 0 Å². The highest BCUT2D eigenvalue weighted by Gasteiger charge is 2.68. The normalized spacial score (nSPS) is 17.7. The average molecular weight is 401 g/mol. The van der Waals surface area contributed by atoms with E-state index < -0.39 is 52.0 Å². The third-order valence-electron chi connectivity index (χ3n) is 2.41. The van der Waals surface area contributed by atoms with Crippen LogP contribution in [0.3, 0.4) is 0 Å². The molecule has 0 aromatic carbocycles. The molecule has 0 N–H and O–H groups in total. The number of ether oxygens (including phenoxy) is 1. The molecule has 0 saturated carbocycles. The summed E-state index contributed by atoms with van der Waals surface area (Å²) in [6.07, 6.45) is -21.7. The Bertz CT molecular complexity index is 608. The molecule has 1 heterocycles. The Morgan fingerprint density at radius 1 is 1.04 bits per heavy atom. The van der Waals surface area contributed by atoms with Gasteiger partial charge in [-0.2, -0.15) is 48.6 Å². The van der Waals surface area contributed by atoms with Crippen LogP contribution in [0, 0.1) is 5.95 Å². The fraction of sp³-hybridized carbons (Fsp3) is 0.667. The number of hydrogen-bond donors (Lipinski definition) is 0. The zero-order chi connectivity index (χ0) is 19.3. The first kappa shape index (κ1) is 20.7. The Morgan fingerprint density at radius 3 is 1.83 bits per heavy atom. The zero-order valence-electron chi connectivity index (χ0n) is 10.9. The van der Waals surface area contributed by atoms with E-state index in [4.69, 9.17) is 11.6 Å². The second-order valence-electron chi connectivity index (χ2n) is 4.20. The van der Waals surface area contributed by atoms with Gasteiger partial charge in [-0.1, -0.05) is 11.6 Å². The van der Waals surface area contributed by atoms with Gasteiger partial charge in [0, 0.05) is 0 Å². The Hall–Kier alpha value is -1.31. The van der Waals surface area contributed by atoms with Crippen molar-refractivity contribution in [2.24, 2.45) is 0 Å². The van der Waals surface area contributed by atoms with Crippen LogP contribution in [-0.4, -0.2) is 28.2 Å². The molecule has 2 unspecified atom stereocenters. The standard InChI is InChI=1S/C9H4ClF11N2O/c1-2(11)7(16,17)24-9(21,8(18,19)20)23-4(6(13,14)15)3(10)5(12)22-23/h2H,1H3. The van der Waals surface area contributed by atoms with Crippen molar-refractivity contribution < 1.29 is 53.0 Å². The third kappa shape index (κ3) is 3.53. The quantitative estimate of drug-likeness (QED) is 0.679. The first-order chi connectivity index (χ1) is 10.4. The topological polar surface area (TPSA) is 27.1 Å². The lowest BCUT2D eigenvalue weighted by atomic mass is 10.3. The molecule has 0 bridgehead atoms. The van der Waals surface area contributed by atoms with Crippen molar-refractivity contribution in [3.05, 3.63) is 16.7 Å². The summed E-state index contributed by atoms with van der Waals surface area (Å²) >= 11 is 4.76. The summed E-state index contributed by atoms with van der Waals surface area (Å²) in [5.74, 6) is -8.52. The van der Waals surface area contributed by atoms with Crippen molar-refractivity contribution in [3.63, 3.8) is 0 Å². The van der Waals surface area contributed by atoms with Crippen LogP contribution in [-0.2, 0) is 16.9 Å². The minimum atomic E-state index is -6.65. The Labute approximate surface area is 129 Å². The smallest absolute Gasteiger partial charge is 0.253 e. The third-order valence-corrected chi connectivity index (χ3v) is 2.75. The predicted molar refractivity (Wildman–Crippen MR) is 53.9 cm³/mol. The molecule has 0 aliphatic heterocycles. The molecule has 24 heavy (non-hydrogen) atoms. The molecule has 140 valence electrons. The van der Waals surface area contributed by atoms with Crippen LogP contribution in [0.1, 0.15) is 12.6 Å². The average Bonchev–Trinajstić information content (AvgIpc) is 2.63. The van der Waals surface area contributed by atoms with Crippen molar-refractivity contribution in [2.75, 3.05) is 0 Å². The summed E-state index contributed by atoms with van der Waals surface area (Å²) in [7, 11) is 0. The molecule has 2 atom stereocenters. The zero-order valence-corrected chi connectivity index (χ0v) is 11.7. The number of aromatic nitrogens is 2. The molecule has 1 aromatic heterocycles. The summed E-state index contributed by atoms with van der Waals surface area (Å²) in [6, 6.07) is 0. The van der Waals surface area contributed by atoms with Crippen LogP contribution in [0.15, 0.2) is 0 Å². The molecular weight excluding hydrogens is 397 g/mol. The summed E-state index contributed by atoms with van der Waals surface area (Å²) in [6.45, 7) is -0.0574. The van der Waals surface area contributed by atoms with E-state index in [9.17, 15) is 48.3 Å². The summed E-state index contributed by atoms with van der Waals surface area (Å²) < 4.78 is 143. The van der Waals surface area contributed by atoms with E-state index in [1.54, 1.807) is 0 Å². The fourth-order valence-electron chi connectivity index (χ4n) is 1.31. The van der Waals surface area contributed by atoms with E-state index in [2.05, 4.69) is 4.74 Å². The van der Waals surface area contributed by atoms with Gasteiger partial charge in [0.05, 0.1) is 0 Å². The predicted octanol–water partition coefficient (Wildman–Crippen LogP) is 4.80. The molecule has 15 heteroatoms. The number of halogens is 12. The fourth-order valence-corrected chi connectivity index (χ4v) is 1.53. The van der Waals surface area contributed by atoms with Crippen molar-refractivity contribution >= 4 is 11.6 Å². The van der Waals surface area contributed by atoms with Crippen LogP contribution in [0.4, 0.5) is 48.3 Å². The Kier molecular flexibility index (Phi) is 5.09.